The van der Waals surface area contributed by atoms with Crippen LogP contribution in [0.3, 0.4) is 0 Å². The topological polar surface area (TPSA) is 71.1 Å². The summed E-state index contributed by atoms with van der Waals surface area (Å²) in [6.07, 6.45) is 6.91. The maximum atomic E-state index is 12.8. The molecule has 2 aromatic heterocycles. The fourth-order valence-corrected chi connectivity index (χ4v) is 5.52. The first-order chi connectivity index (χ1) is 15.2. The average Bonchev–Trinajstić information content (AvgIpc) is 3.28. The van der Waals surface area contributed by atoms with Gasteiger partial charge in [-0.2, -0.15) is 0 Å². The molecule has 1 aliphatic heterocycles. The van der Waals surface area contributed by atoms with E-state index in [2.05, 4.69) is 15.3 Å². The number of thiazole rings is 1. The molecule has 5 rings (SSSR count). The number of nitrogens with one attached hydrogen (secondary N) is 1. The normalized spacial score (nSPS) is 17.5. The fourth-order valence-electron chi connectivity index (χ4n) is 4.67. The lowest BCUT2D eigenvalue weighted by molar-refractivity contribution is 0.240. The lowest BCUT2D eigenvalue weighted by Gasteiger charge is -2.28. The van der Waals surface area contributed by atoms with E-state index in [0.717, 1.165) is 71.4 Å². The lowest BCUT2D eigenvalue weighted by Crippen LogP contribution is -2.36. The number of hydrogen-bond donors (Lipinski definition) is 1. The van der Waals surface area contributed by atoms with E-state index >= 15 is 0 Å². The lowest BCUT2D eigenvalue weighted by atomic mass is 9.88. The molecular formula is C24H28N4O2S. The maximum Gasteiger partial charge on any atom is 0.255 e. The zero-order valence-electron chi connectivity index (χ0n) is 17.9. The van der Waals surface area contributed by atoms with Crippen molar-refractivity contribution in [3.8, 4) is 17.0 Å². The molecule has 2 aliphatic rings. The summed E-state index contributed by atoms with van der Waals surface area (Å²) in [6, 6.07) is 7.97. The van der Waals surface area contributed by atoms with E-state index in [1.54, 1.807) is 18.4 Å². The van der Waals surface area contributed by atoms with Gasteiger partial charge in [0.1, 0.15) is 16.6 Å². The van der Waals surface area contributed by atoms with Crippen molar-refractivity contribution in [1.29, 1.82) is 0 Å². The number of aromatic nitrogens is 3. The molecule has 0 unspecified atom stereocenters. The SMILES string of the molecule is COc1ccc(-c2csc(CN3CCc4nc(C5CCCCC5)[nH]c(=O)c4C3)n2)cc1. The minimum absolute atomic E-state index is 0.0494. The second-order valence-corrected chi connectivity index (χ2v) is 9.47. The van der Waals surface area contributed by atoms with Crippen LogP contribution in [0.4, 0.5) is 0 Å². The van der Waals surface area contributed by atoms with Crippen LogP contribution in [-0.2, 0) is 19.5 Å². The van der Waals surface area contributed by atoms with Crippen molar-refractivity contribution in [1.82, 2.24) is 19.9 Å². The highest BCUT2D eigenvalue weighted by Gasteiger charge is 2.25. The van der Waals surface area contributed by atoms with Gasteiger partial charge in [0.25, 0.3) is 5.56 Å². The minimum atomic E-state index is 0.0494. The molecule has 1 N–H and O–H groups in total. The molecule has 1 aromatic carbocycles. The minimum Gasteiger partial charge on any atom is -0.497 e. The summed E-state index contributed by atoms with van der Waals surface area (Å²) in [7, 11) is 1.67. The molecule has 7 heteroatoms. The molecule has 0 bridgehead atoms. The standard InChI is InChI=1S/C24H28N4O2S/c1-30-18-9-7-16(8-10-18)21-15-31-22(25-21)14-28-12-11-20-19(13-28)24(29)27-23(26-20)17-5-3-2-4-6-17/h7-10,15,17H,2-6,11-14H2,1H3,(H,26,27,29). The predicted molar refractivity (Wildman–Crippen MR) is 123 cm³/mol. The van der Waals surface area contributed by atoms with Gasteiger partial charge in [-0.1, -0.05) is 19.3 Å². The Hall–Kier alpha value is -2.51. The van der Waals surface area contributed by atoms with Gasteiger partial charge in [0.05, 0.1) is 30.6 Å². The number of rotatable bonds is 5. The Balaban J connectivity index is 1.28. The second-order valence-electron chi connectivity index (χ2n) is 8.53. The maximum absolute atomic E-state index is 12.8. The molecule has 162 valence electrons. The Morgan fingerprint density at radius 1 is 1.16 bits per heavy atom. The third-order valence-electron chi connectivity index (χ3n) is 6.45. The zero-order valence-corrected chi connectivity index (χ0v) is 18.7. The van der Waals surface area contributed by atoms with Crippen molar-refractivity contribution in [3.63, 3.8) is 0 Å². The van der Waals surface area contributed by atoms with Gasteiger partial charge in [-0.05, 0) is 37.1 Å². The quantitative estimate of drug-likeness (QED) is 0.637. The summed E-state index contributed by atoms with van der Waals surface area (Å²) in [5.74, 6) is 2.19. The number of methoxy groups -OCH3 is 1. The Kier molecular flexibility index (Phi) is 5.87. The van der Waals surface area contributed by atoms with Gasteiger partial charge in [-0.3, -0.25) is 9.69 Å². The number of nitrogens with zero attached hydrogens (tertiary/aromatic N) is 3. The summed E-state index contributed by atoms with van der Waals surface area (Å²) < 4.78 is 5.23. The number of benzene rings is 1. The van der Waals surface area contributed by atoms with E-state index in [-0.39, 0.29) is 5.56 Å². The highest BCUT2D eigenvalue weighted by atomic mass is 32.1. The highest BCUT2D eigenvalue weighted by molar-refractivity contribution is 7.09. The number of ether oxygens (including phenoxy) is 1. The Bertz CT molecular complexity index is 1100. The molecule has 1 fully saturated rings. The molecule has 0 atom stereocenters. The van der Waals surface area contributed by atoms with E-state index in [0.29, 0.717) is 12.5 Å². The fraction of sp³-hybridized carbons (Fsp3) is 0.458. The molecule has 0 radical (unpaired) electrons. The van der Waals surface area contributed by atoms with Crippen molar-refractivity contribution >= 4 is 11.3 Å². The van der Waals surface area contributed by atoms with Gasteiger partial charge in [0.2, 0.25) is 0 Å². The van der Waals surface area contributed by atoms with Gasteiger partial charge < -0.3 is 9.72 Å². The third-order valence-corrected chi connectivity index (χ3v) is 7.29. The third kappa shape index (κ3) is 4.43. The number of fused-ring (bicyclic) bond motifs is 1. The molecular weight excluding hydrogens is 408 g/mol. The van der Waals surface area contributed by atoms with Crippen LogP contribution in [-0.4, -0.2) is 33.5 Å². The van der Waals surface area contributed by atoms with Crippen LogP contribution in [0.2, 0.25) is 0 Å². The van der Waals surface area contributed by atoms with Gasteiger partial charge in [0.15, 0.2) is 0 Å². The predicted octanol–water partition coefficient (Wildman–Crippen LogP) is 4.51. The molecule has 0 amide bonds. The Labute approximate surface area is 186 Å². The second kappa shape index (κ2) is 8.93. The van der Waals surface area contributed by atoms with Gasteiger partial charge in [0, 0.05) is 36.4 Å². The molecule has 1 aliphatic carbocycles. The van der Waals surface area contributed by atoms with Crippen LogP contribution in [0.25, 0.3) is 11.3 Å². The molecule has 0 saturated heterocycles. The van der Waals surface area contributed by atoms with Crippen LogP contribution in [0.5, 0.6) is 5.75 Å². The summed E-state index contributed by atoms with van der Waals surface area (Å²) in [4.78, 5) is 27.9. The van der Waals surface area contributed by atoms with E-state index in [1.165, 1.54) is 19.3 Å². The van der Waals surface area contributed by atoms with E-state index in [4.69, 9.17) is 14.7 Å². The van der Waals surface area contributed by atoms with Crippen LogP contribution < -0.4 is 10.3 Å². The number of H-pyrrole nitrogens is 1. The summed E-state index contributed by atoms with van der Waals surface area (Å²) in [5, 5.41) is 3.16. The zero-order chi connectivity index (χ0) is 21.2. The average molecular weight is 437 g/mol. The van der Waals surface area contributed by atoms with Gasteiger partial charge in [-0.25, -0.2) is 9.97 Å². The molecule has 6 nitrogen and oxygen atoms in total. The number of aromatic amines is 1. The highest BCUT2D eigenvalue weighted by Crippen LogP contribution is 2.31. The van der Waals surface area contributed by atoms with Crippen molar-refractivity contribution in [2.75, 3.05) is 13.7 Å². The van der Waals surface area contributed by atoms with Crippen molar-refractivity contribution in [3.05, 3.63) is 62.1 Å². The van der Waals surface area contributed by atoms with Crippen LogP contribution in [0.15, 0.2) is 34.4 Å². The largest absolute Gasteiger partial charge is 0.497 e. The van der Waals surface area contributed by atoms with Crippen LogP contribution >= 0.6 is 11.3 Å². The van der Waals surface area contributed by atoms with Gasteiger partial charge >= 0.3 is 0 Å². The number of hydrogen-bond acceptors (Lipinski definition) is 6. The van der Waals surface area contributed by atoms with E-state index in [1.807, 2.05) is 24.3 Å². The molecule has 1 saturated carbocycles. The van der Waals surface area contributed by atoms with E-state index < -0.39 is 0 Å². The molecule has 31 heavy (non-hydrogen) atoms. The first-order valence-electron chi connectivity index (χ1n) is 11.1. The van der Waals surface area contributed by atoms with Gasteiger partial charge in [-0.15, -0.1) is 11.3 Å². The summed E-state index contributed by atoms with van der Waals surface area (Å²) >= 11 is 1.67. The molecule has 3 aromatic rings. The van der Waals surface area contributed by atoms with Crippen molar-refractivity contribution < 1.29 is 4.74 Å². The smallest absolute Gasteiger partial charge is 0.255 e. The molecule has 0 spiro atoms. The van der Waals surface area contributed by atoms with E-state index in [9.17, 15) is 4.79 Å². The Morgan fingerprint density at radius 2 is 1.97 bits per heavy atom. The first kappa shape index (κ1) is 20.4. The summed E-state index contributed by atoms with van der Waals surface area (Å²) in [5.41, 5.74) is 3.95. The van der Waals surface area contributed by atoms with Crippen molar-refractivity contribution in [2.24, 2.45) is 0 Å². The first-order valence-corrected chi connectivity index (χ1v) is 12.0. The van der Waals surface area contributed by atoms with Crippen molar-refractivity contribution in [2.45, 2.75) is 57.5 Å². The Morgan fingerprint density at radius 3 is 2.74 bits per heavy atom. The van der Waals surface area contributed by atoms with Crippen LogP contribution in [0.1, 0.15) is 60.1 Å². The molecule has 3 heterocycles. The monoisotopic (exact) mass is 436 g/mol. The van der Waals surface area contributed by atoms with Crippen LogP contribution in [0, 0.1) is 0 Å². The summed E-state index contributed by atoms with van der Waals surface area (Å²) in [6.45, 7) is 2.30.